The smallest absolute Gasteiger partial charge is 0.229 e. The fourth-order valence-electron chi connectivity index (χ4n) is 2.61. The van der Waals surface area contributed by atoms with Crippen LogP contribution in [-0.4, -0.2) is 18.4 Å². The van der Waals surface area contributed by atoms with Crippen LogP contribution in [0, 0.1) is 17.6 Å². The minimum absolute atomic E-state index is 0.0399. The highest BCUT2D eigenvalue weighted by atomic mass is 19.1. The summed E-state index contributed by atoms with van der Waals surface area (Å²) in [5.74, 6) is -2.68. The van der Waals surface area contributed by atoms with Crippen LogP contribution in [0.15, 0.2) is 48.5 Å². The monoisotopic (exact) mass is 316 g/mol. The fraction of sp³-hybridized carbons (Fsp3) is 0.176. The molecule has 4 nitrogen and oxygen atoms in total. The second-order valence-electron chi connectivity index (χ2n) is 5.39. The summed E-state index contributed by atoms with van der Waals surface area (Å²) < 4.78 is 26.3. The lowest BCUT2D eigenvalue weighted by molar-refractivity contribution is -0.122. The van der Waals surface area contributed by atoms with Gasteiger partial charge in [-0.1, -0.05) is 18.2 Å². The van der Waals surface area contributed by atoms with E-state index >= 15 is 0 Å². The Morgan fingerprint density at radius 3 is 2.39 bits per heavy atom. The first kappa shape index (κ1) is 15.1. The van der Waals surface area contributed by atoms with Crippen molar-refractivity contribution in [3.8, 4) is 0 Å². The first-order valence-electron chi connectivity index (χ1n) is 7.15. The third-order valence-corrected chi connectivity index (χ3v) is 3.69. The van der Waals surface area contributed by atoms with Crippen LogP contribution in [0.25, 0.3) is 0 Å². The molecule has 1 atom stereocenters. The molecule has 1 unspecified atom stereocenters. The summed E-state index contributed by atoms with van der Waals surface area (Å²) in [7, 11) is 0. The van der Waals surface area contributed by atoms with Gasteiger partial charge in [0.15, 0.2) is 0 Å². The number of para-hydroxylation sites is 1. The molecule has 2 amide bonds. The van der Waals surface area contributed by atoms with E-state index in [0.717, 1.165) is 23.9 Å². The number of carbonyl (C=O) groups excluding carboxylic acids is 2. The number of benzene rings is 2. The Morgan fingerprint density at radius 2 is 1.74 bits per heavy atom. The van der Waals surface area contributed by atoms with Crippen LogP contribution in [0.3, 0.4) is 0 Å². The van der Waals surface area contributed by atoms with Gasteiger partial charge in [-0.15, -0.1) is 0 Å². The van der Waals surface area contributed by atoms with E-state index in [9.17, 15) is 18.4 Å². The van der Waals surface area contributed by atoms with E-state index in [-0.39, 0.29) is 24.6 Å². The second kappa shape index (κ2) is 6.16. The molecule has 0 aromatic heterocycles. The van der Waals surface area contributed by atoms with Crippen LogP contribution in [0.2, 0.25) is 0 Å². The highest BCUT2D eigenvalue weighted by Gasteiger charge is 2.35. The summed E-state index contributed by atoms with van der Waals surface area (Å²) in [6.45, 7) is 0.243. The van der Waals surface area contributed by atoms with Crippen molar-refractivity contribution in [2.45, 2.75) is 6.42 Å². The zero-order valence-electron chi connectivity index (χ0n) is 12.1. The third kappa shape index (κ3) is 3.36. The molecule has 2 aromatic rings. The van der Waals surface area contributed by atoms with Gasteiger partial charge in [-0.05, 0) is 24.3 Å². The molecule has 1 saturated heterocycles. The SMILES string of the molecule is O=C(Nc1cc(F)cc(F)c1)C1CC(=O)N(c2ccccc2)C1. The Bertz CT molecular complexity index is 729. The maximum atomic E-state index is 13.1. The van der Waals surface area contributed by atoms with Crippen molar-refractivity contribution in [1.82, 2.24) is 0 Å². The summed E-state index contributed by atoms with van der Waals surface area (Å²) in [6.07, 6.45) is 0.0680. The van der Waals surface area contributed by atoms with Crippen molar-refractivity contribution in [2.75, 3.05) is 16.8 Å². The Hall–Kier alpha value is -2.76. The second-order valence-corrected chi connectivity index (χ2v) is 5.39. The van der Waals surface area contributed by atoms with E-state index < -0.39 is 23.5 Å². The first-order valence-corrected chi connectivity index (χ1v) is 7.15. The predicted molar refractivity (Wildman–Crippen MR) is 81.9 cm³/mol. The van der Waals surface area contributed by atoms with Crippen LogP contribution in [0.1, 0.15) is 6.42 Å². The molecule has 3 rings (SSSR count). The van der Waals surface area contributed by atoms with E-state index in [1.54, 1.807) is 12.1 Å². The van der Waals surface area contributed by atoms with Crippen molar-refractivity contribution in [3.05, 3.63) is 60.2 Å². The molecule has 1 aliphatic rings. The molecule has 1 aliphatic heterocycles. The molecule has 2 aromatic carbocycles. The third-order valence-electron chi connectivity index (χ3n) is 3.69. The highest BCUT2D eigenvalue weighted by Crippen LogP contribution is 2.26. The molecule has 0 bridgehead atoms. The number of halogens is 2. The number of rotatable bonds is 3. The maximum Gasteiger partial charge on any atom is 0.229 e. The summed E-state index contributed by atoms with van der Waals surface area (Å²) in [4.78, 5) is 25.8. The largest absolute Gasteiger partial charge is 0.326 e. The average molecular weight is 316 g/mol. The van der Waals surface area contributed by atoms with E-state index in [4.69, 9.17) is 0 Å². The van der Waals surface area contributed by atoms with Crippen LogP contribution in [0.4, 0.5) is 20.2 Å². The van der Waals surface area contributed by atoms with Crippen molar-refractivity contribution < 1.29 is 18.4 Å². The van der Waals surface area contributed by atoms with E-state index in [0.29, 0.717) is 0 Å². The summed E-state index contributed by atoms with van der Waals surface area (Å²) in [6, 6.07) is 11.8. The van der Waals surface area contributed by atoms with Crippen LogP contribution in [-0.2, 0) is 9.59 Å². The van der Waals surface area contributed by atoms with Gasteiger partial charge in [0.1, 0.15) is 11.6 Å². The molecule has 0 aliphatic carbocycles. The molecule has 0 saturated carbocycles. The number of hydrogen-bond acceptors (Lipinski definition) is 2. The van der Waals surface area contributed by atoms with Gasteiger partial charge in [-0.25, -0.2) is 8.78 Å². The molecule has 0 spiro atoms. The van der Waals surface area contributed by atoms with Crippen molar-refractivity contribution >= 4 is 23.2 Å². The Labute approximate surface area is 131 Å². The molecule has 0 radical (unpaired) electrons. The quantitative estimate of drug-likeness (QED) is 0.946. The van der Waals surface area contributed by atoms with Crippen molar-refractivity contribution in [3.63, 3.8) is 0 Å². The molecule has 23 heavy (non-hydrogen) atoms. The Balaban J connectivity index is 1.70. The van der Waals surface area contributed by atoms with Crippen molar-refractivity contribution in [2.24, 2.45) is 5.92 Å². The number of nitrogens with one attached hydrogen (secondary N) is 1. The van der Waals surface area contributed by atoms with Gasteiger partial charge >= 0.3 is 0 Å². The number of amides is 2. The lowest BCUT2D eigenvalue weighted by atomic mass is 10.1. The average Bonchev–Trinajstić information content (AvgIpc) is 2.89. The molecule has 1 fully saturated rings. The van der Waals surface area contributed by atoms with Crippen LogP contribution < -0.4 is 10.2 Å². The lowest BCUT2D eigenvalue weighted by Crippen LogP contribution is -2.28. The zero-order chi connectivity index (χ0) is 16.4. The van der Waals surface area contributed by atoms with E-state index in [1.807, 2.05) is 18.2 Å². The van der Waals surface area contributed by atoms with Gasteiger partial charge in [0, 0.05) is 30.4 Å². The number of carbonyl (C=O) groups is 2. The van der Waals surface area contributed by atoms with Crippen molar-refractivity contribution in [1.29, 1.82) is 0 Å². The van der Waals surface area contributed by atoms with Crippen LogP contribution in [0.5, 0.6) is 0 Å². The molecule has 118 valence electrons. The Kier molecular flexibility index (Phi) is 4.06. The normalized spacial score (nSPS) is 17.4. The van der Waals surface area contributed by atoms with Gasteiger partial charge < -0.3 is 10.2 Å². The standard InChI is InChI=1S/C17H14F2N2O2/c18-12-7-13(19)9-14(8-12)20-17(23)11-6-16(22)21(10-11)15-4-2-1-3-5-15/h1-5,7-9,11H,6,10H2,(H,20,23). The highest BCUT2D eigenvalue weighted by molar-refractivity contribution is 6.03. The Morgan fingerprint density at radius 1 is 1.09 bits per heavy atom. The summed E-state index contributed by atoms with van der Waals surface area (Å²) in [5.41, 5.74) is 0.766. The van der Waals surface area contributed by atoms with Gasteiger partial charge in [0.25, 0.3) is 0 Å². The summed E-state index contributed by atoms with van der Waals surface area (Å²) >= 11 is 0. The number of nitrogens with zero attached hydrogens (tertiary/aromatic N) is 1. The van der Waals surface area contributed by atoms with Crippen LogP contribution >= 0.6 is 0 Å². The van der Waals surface area contributed by atoms with Gasteiger partial charge in [-0.3, -0.25) is 9.59 Å². The number of hydrogen-bond donors (Lipinski definition) is 1. The van der Waals surface area contributed by atoms with Gasteiger partial charge in [0.05, 0.1) is 5.92 Å². The summed E-state index contributed by atoms with van der Waals surface area (Å²) in [5, 5.41) is 2.46. The predicted octanol–water partition coefficient (Wildman–Crippen LogP) is 2.96. The fourth-order valence-corrected chi connectivity index (χ4v) is 2.61. The zero-order valence-corrected chi connectivity index (χ0v) is 12.1. The van der Waals surface area contributed by atoms with Gasteiger partial charge in [0.2, 0.25) is 11.8 Å². The van der Waals surface area contributed by atoms with Gasteiger partial charge in [-0.2, -0.15) is 0 Å². The first-order chi connectivity index (χ1) is 11.0. The topological polar surface area (TPSA) is 49.4 Å². The minimum Gasteiger partial charge on any atom is -0.326 e. The van der Waals surface area contributed by atoms with E-state index in [1.165, 1.54) is 4.90 Å². The molecule has 6 heteroatoms. The molecule has 1 N–H and O–H groups in total. The minimum atomic E-state index is -0.770. The number of anilines is 2. The maximum absolute atomic E-state index is 13.1. The molecular weight excluding hydrogens is 302 g/mol. The molecule has 1 heterocycles. The molecular formula is C17H14F2N2O2. The lowest BCUT2D eigenvalue weighted by Gasteiger charge is -2.16. The van der Waals surface area contributed by atoms with E-state index in [2.05, 4.69) is 5.32 Å².